The number of hydrogen-bond donors (Lipinski definition) is 0. The molecule has 2 aromatic rings. The van der Waals surface area contributed by atoms with Gasteiger partial charge in [-0.3, -0.25) is 14.7 Å². The van der Waals surface area contributed by atoms with Crippen molar-refractivity contribution in [2.24, 2.45) is 5.92 Å². The number of nitrogens with zero attached hydrogens (tertiary/aromatic N) is 3. The maximum Gasteiger partial charge on any atom is 0.237 e. The van der Waals surface area contributed by atoms with Crippen LogP contribution in [0.15, 0.2) is 36.7 Å². The van der Waals surface area contributed by atoms with Gasteiger partial charge in [-0.05, 0) is 77.6 Å². The van der Waals surface area contributed by atoms with Gasteiger partial charge in [0, 0.05) is 31.3 Å². The highest BCUT2D eigenvalue weighted by atomic mass is 16.5. The molecule has 0 atom stereocenters. The van der Waals surface area contributed by atoms with Gasteiger partial charge < -0.3 is 4.74 Å². The predicted octanol–water partition coefficient (Wildman–Crippen LogP) is 4.77. The number of benzene rings is 1. The van der Waals surface area contributed by atoms with Crippen molar-refractivity contribution in [2.45, 2.75) is 71.9 Å². The smallest absolute Gasteiger partial charge is 0.237 e. The second-order valence-corrected chi connectivity index (χ2v) is 9.35. The Labute approximate surface area is 180 Å². The molecule has 2 heterocycles. The zero-order valence-corrected chi connectivity index (χ0v) is 18.9. The third kappa shape index (κ3) is 6.63. The standard InChI is InChI=1S/C25H35N3O2/c1-19-9-5-6-10-21(19)17-23(29)20-11-7-15-28(16-8-12-20)18-22-24(27-14-13-26-22)30-25(2,3)4/h5-6,9-10,13-14,20H,7-8,11-12,15-18H2,1-4H3. The lowest BCUT2D eigenvalue weighted by Crippen LogP contribution is -2.31. The fourth-order valence-corrected chi connectivity index (χ4v) is 4.05. The average molecular weight is 410 g/mol. The predicted molar refractivity (Wildman–Crippen MR) is 120 cm³/mol. The number of hydrogen-bond acceptors (Lipinski definition) is 5. The summed E-state index contributed by atoms with van der Waals surface area (Å²) in [7, 11) is 0. The van der Waals surface area contributed by atoms with Crippen LogP contribution in [0.1, 0.15) is 63.3 Å². The van der Waals surface area contributed by atoms with E-state index in [4.69, 9.17) is 4.74 Å². The molecule has 1 fully saturated rings. The first-order valence-electron chi connectivity index (χ1n) is 11.1. The van der Waals surface area contributed by atoms with Crippen molar-refractivity contribution in [3.8, 4) is 5.88 Å². The number of aromatic nitrogens is 2. The molecule has 1 saturated heterocycles. The number of Topliss-reactive ketones (excluding diaryl/α,β-unsaturated/α-hetero) is 1. The van der Waals surface area contributed by atoms with Crippen LogP contribution in [-0.4, -0.2) is 39.3 Å². The summed E-state index contributed by atoms with van der Waals surface area (Å²) in [5.41, 5.74) is 2.96. The van der Waals surface area contributed by atoms with Crippen molar-refractivity contribution in [1.29, 1.82) is 0 Å². The van der Waals surface area contributed by atoms with E-state index in [-0.39, 0.29) is 11.5 Å². The molecule has 1 aromatic heterocycles. The molecule has 0 spiro atoms. The van der Waals surface area contributed by atoms with Gasteiger partial charge in [-0.25, -0.2) is 4.98 Å². The van der Waals surface area contributed by atoms with Crippen molar-refractivity contribution < 1.29 is 9.53 Å². The molecule has 3 rings (SSSR count). The molecule has 0 saturated carbocycles. The highest BCUT2D eigenvalue weighted by Gasteiger charge is 2.23. The zero-order valence-electron chi connectivity index (χ0n) is 18.9. The van der Waals surface area contributed by atoms with Gasteiger partial charge in [-0.15, -0.1) is 0 Å². The van der Waals surface area contributed by atoms with Gasteiger partial charge in [0.2, 0.25) is 5.88 Å². The first-order valence-corrected chi connectivity index (χ1v) is 11.1. The highest BCUT2D eigenvalue weighted by molar-refractivity contribution is 5.83. The van der Waals surface area contributed by atoms with Crippen LogP contribution >= 0.6 is 0 Å². The third-order valence-electron chi connectivity index (χ3n) is 5.65. The van der Waals surface area contributed by atoms with Crippen LogP contribution in [0, 0.1) is 12.8 Å². The van der Waals surface area contributed by atoms with Crippen LogP contribution in [-0.2, 0) is 17.8 Å². The third-order valence-corrected chi connectivity index (χ3v) is 5.65. The fraction of sp³-hybridized carbons (Fsp3) is 0.560. The molecule has 1 aliphatic rings. The molecule has 0 amide bonds. The Morgan fingerprint density at radius 1 is 1.10 bits per heavy atom. The molecule has 30 heavy (non-hydrogen) atoms. The van der Waals surface area contributed by atoms with E-state index < -0.39 is 0 Å². The van der Waals surface area contributed by atoms with Crippen molar-refractivity contribution >= 4 is 5.78 Å². The molecule has 0 radical (unpaired) electrons. The van der Waals surface area contributed by atoms with Gasteiger partial charge in [0.05, 0.1) is 0 Å². The Morgan fingerprint density at radius 2 is 1.77 bits per heavy atom. The minimum atomic E-state index is -0.300. The first kappa shape index (κ1) is 22.4. The molecule has 0 aliphatic carbocycles. The molecule has 0 bridgehead atoms. The Kier molecular flexibility index (Phi) is 7.59. The van der Waals surface area contributed by atoms with Gasteiger partial charge in [-0.2, -0.15) is 0 Å². The highest BCUT2D eigenvalue weighted by Crippen LogP contribution is 2.24. The Balaban J connectivity index is 1.55. The summed E-state index contributed by atoms with van der Waals surface area (Å²) in [6.07, 6.45) is 7.96. The quantitative estimate of drug-likeness (QED) is 0.688. The number of ether oxygens (including phenoxy) is 1. The normalized spacial score (nSPS) is 16.7. The summed E-state index contributed by atoms with van der Waals surface area (Å²) in [6.45, 7) is 10.8. The maximum absolute atomic E-state index is 12.9. The van der Waals surface area contributed by atoms with E-state index in [1.54, 1.807) is 12.4 Å². The molecule has 5 heteroatoms. The van der Waals surface area contributed by atoms with E-state index in [2.05, 4.69) is 33.9 Å². The lowest BCUT2D eigenvalue weighted by atomic mass is 9.88. The summed E-state index contributed by atoms with van der Waals surface area (Å²) < 4.78 is 6.00. The molecule has 5 nitrogen and oxygen atoms in total. The number of carbonyl (C=O) groups is 1. The fourth-order valence-electron chi connectivity index (χ4n) is 4.05. The zero-order chi connectivity index (χ0) is 21.6. The lowest BCUT2D eigenvalue weighted by molar-refractivity contribution is -0.122. The minimum Gasteiger partial charge on any atom is -0.471 e. The van der Waals surface area contributed by atoms with Crippen LogP contribution in [0.3, 0.4) is 0 Å². The Bertz CT molecular complexity index is 834. The minimum absolute atomic E-state index is 0.183. The average Bonchev–Trinajstić information content (AvgIpc) is 2.66. The number of carbonyl (C=O) groups excluding carboxylic acids is 1. The monoisotopic (exact) mass is 409 g/mol. The van der Waals surface area contributed by atoms with Crippen LogP contribution in [0.25, 0.3) is 0 Å². The van der Waals surface area contributed by atoms with E-state index in [1.807, 2.05) is 32.9 Å². The Hall–Kier alpha value is -2.27. The molecule has 1 aromatic carbocycles. The van der Waals surface area contributed by atoms with Crippen molar-refractivity contribution in [2.75, 3.05) is 13.1 Å². The number of rotatable bonds is 6. The summed E-state index contributed by atoms with van der Waals surface area (Å²) in [6, 6.07) is 8.22. The molecule has 0 unspecified atom stereocenters. The number of aryl methyl sites for hydroxylation is 1. The van der Waals surface area contributed by atoms with Crippen LogP contribution in [0.4, 0.5) is 0 Å². The second kappa shape index (κ2) is 10.2. The topological polar surface area (TPSA) is 55.3 Å². The molecule has 0 N–H and O–H groups in total. The van der Waals surface area contributed by atoms with Gasteiger partial charge in [-0.1, -0.05) is 24.3 Å². The molecule has 162 valence electrons. The lowest BCUT2D eigenvalue weighted by Gasteiger charge is -2.28. The van der Waals surface area contributed by atoms with Gasteiger partial charge >= 0.3 is 0 Å². The van der Waals surface area contributed by atoms with E-state index in [9.17, 15) is 4.79 Å². The maximum atomic E-state index is 12.9. The van der Waals surface area contributed by atoms with Gasteiger partial charge in [0.1, 0.15) is 17.1 Å². The van der Waals surface area contributed by atoms with Crippen molar-refractivity contribution in [3.63, 3.8) is 0 Å². The van der Waals surface area contributed by atoms with Gasteiger partial charge in [0.25, 0.3) is 0 Å². The van der Waals surface area contributed by atoms with E-state index in [1.165, 1.54) is 11.1 Å². The number of ketones is 1. The molecule has 1 aliphatic heterocycles. The molecular weight excluding hydrogens is 374 g/mol. The summed E-state index contributed by atoms with van der Waals surface area (Å²) in [4.78, 5) is 24.2. The second-order valence-electron chi connectivity index (χ2n) is 9.35. The van der Waals surface area contributed by atoms with Crippen molar-refractivity contribution in [3.05, 3.63) is 53.5 Å². The van der Waals surface area contributed by atoms with Crippen molar-refractivity contribution in [1.82, 2.24) is 14.9 Å². The van der Waals surface area contributed by atoms with Gasteiger partial charge in [0.15, 0.2) is 0 Å². The summed E-state index contributed by atoms with van der Waals surface area (Å²) in [5.74, 6) is 1.20. The first-order chi connectivity index (χ1) is 14.3. The Morgan fingerprint density at radius 3 is 2.43 bits per heavy atom. The largest absolute Gasteiger partial charge is 0.471 e. The van der Waals surface area contributed by atoms with Crippen LogP contribution < -0.4 is 4.74 Å². The van der Waals surface area contributed by atoms with E-state index >= 15 is 0 Å². The van der Waals surface area contributed by atoms with Crippen LogP contribution in [0.5, 0.6) is 5.88 Å². The van der Waals surface area contributed by atoms with E-state index in [0.717, 1.165) is 51.0 Å². The van der Waals surface area contributed by atoms with Crippen LogP contribution in [0.2, 0.25) is 0 Å². The molecular formula is C25H35N3O2. The summed E-state index contributed by atoms with van der Waals surface area (Å²) in [5, 5.41) is 0. The number of likely N-dealkylation sites (tertiary alicyclic amines) is 1. The SMILES string of the molecule is Cc1ccccc1CC(=O)C1CCCN(Cc2nccnc2OC(C)(C)C)CCC1. The van der Waals surface area contributed by atoms with E-state index in [0.29, 0.717) is 18.1 Å². The summed E-state index contributed by atoms with van der Waals surface area (Å²) >= 11 is 0.